The number of fused-ring (bicyclic) bond motifs is 1. The van der Waals surface area contributed by atoms with Crippen molar-refractivity contribution < 1.29 is 0 Å². The molecule has 0 saturated carbocycles. The van der Waals surface area contributed by atoms with Crippen LogP contribution < -0.4 is 10.2 Å². The van der Waals surface area contributed by atoms with E-state index in [1.807, 2.05) is 13.0 Å². The largest absolute Gasteiger partial charge is 0.353 e. The fourth-order valence-electron chi connectivity index (χ4n) is 2.15. The van der Waals surface area contributed by atoms with Gasteiger partial charge in [-0.2, -0.15) is 0 Å². The van der Waals surface area contributed by atoms with Crippen LogP contribution in [0.25, 0.3) is 11.0 Å². The Labute approximate surface area is 99.9 Å². The van der Waals surface area contributed by atoms with Crippen LogP contribution in [0.3, 0.4) is 0 Å². The smallest absolute Gasteiger partial charge is 0.164 e. The minimum absolute atomic E-state index is 0.786. The fourth-order valence-corrected chi connectivity index (χ4v) is 2.15. The van der Waals surface area contributed by atoms with Crippen LogP contribution in [0.4, 0.5) is 5.82 Å². The van der Waals surface area contributed by atoms with Crippen molar-refractivity contribution in [1.29, 1.82) is 0 Å². The van der Waals surface area contributed by atoms with Gasteiger partial charge in [0.2, 0.25) is 0 Å². The highest BCUT2D eigenvalue weighted by molar-refractivity contribution is 5.86. The molecule has 0 atom stereocenters. The SMILES string of the molecule is Cc1ccc2c(N3CCNCC3)ncnc2n1. The molecule has 1 saturated heterocycles. The first-order valence-electron chi connectivity index (χ1n) is 5.88. The second kappa shape index (κ2) is 4.25. The van der Waals surface area contributed by atoms with Gasteiger partial charge in [-0.05, 0) is 19.1 Å². The minimum atomic E-state index is 0.786. The highest BCUT2D eigenvalue weighted by atomic mass is 15.2. The van der Waals surface area contributed by atoms with E-state index in [9.17, 15) is 0 Å². The van der Waals surface area contributed by atoms with E-state index in [1.165, 1.54) is 0 Å². The number of nitrogens with zero attached hydrogens (tertiary/aromatic N) is 4. The lowest BCUT2D eigenvalue weighted by Gasteiger charge is -2.28. The molecule has 0 aromatic carbocycles. The van der Waals surface area contributed by atoms with Gasteiger partial charge >= 0.3 is 0 Å². The first-order chi connectivity index (χ1) is 8.34. The summed E-state index contributed by atoms with van der Waals surface area (Å²) in [6.45, 7) is 5.96. The van der Waals surface area contributed by atoms with E-state index in [-0.39, 0.29) is 0 Å². The topological polar surface area (TPSA) is 53.9 Å². The van der Waals surface area contributed by atoms with Crippen molar-refractivity contribution in [2.75, 3.05) is 31.1 Å². The summed E-state index contributed by atoms with van der Waals surface area (Å²) in [6, 6.07) is 4.08. The van der Waals surface area contributed by atoms with Crippen LogP contribution in [-0.2, 0) is 0 Å². The Hall–Kier alpha value is -1.75. The Balaban J connectivity index is 2.09. The van der Waals surface area contributed by atoms with Crippen LogP contribution >= 0.6 is 0 Å². The number of hydrogen-bond acceptors (Lipinski definition) is 5. The van der Waals surface area contributed by atoms with E-state index in [0.717, 1.165) is 48.7 Å². The normalized spacial score (nSPS) is 16.4. The first kappa shape index (κ1) is 10.4. The van der Waals surface area contributed by atoms with Crippen molar-refractivity contribution in [2.24, 2.45) is 0 Å². The van der Waals surface area contributed by atoms with Crippen molar-refractivity contribution >= 4 is 16.9 Å². The van der Waals surface area contributed by atoms with Gasteiger partial charge in [0.25, 0.3) is 0 Å². The van der Waals surface area contributed by atoms with E-state index >= 15 is 0 Å². The molecule has 0 aliphatic carbocycles. The maximum Gasteiger partial charge on any atom is 0.164 e. The van der Waals surface area contributed by atoms with Gasteiger partial charge in [0, 0.05) is 31.9 Å². The number of piperazine rings is 1. The quantitative estimate of drug-likeness (QED) is 0.781. The molecular formula is C12H15N5. The molecule has 1 aliphatic heterocycles. The highest BCUT2D eigenvalue weighted by Gasteiger charge is 2.15. The number of rotatable bonds is 1. The average molecular weight is 229 g/mol. The van der Waals surface area contributed by atoms with Gasteiger partial charge in [0.15, 0.2) is 5.65 Å². The number of pyridine rings is 1. The summed E-state index contributed by atoms with van der Waals surface area (Å²) < 4.78 is 0. The molecule has 88 valence electrons. The third-order valence-corrected chi connectivity index (χ3v) is 3.03. The van der Waals surface area contributed by atoms with Crippen LogP contribution in [0.1, 0.15) is 5.69 Å². The van der Waals surface area contributed by atoms with Crippen LogP contribution in [0.2, 0.25) is 0 Å². The fraction of sp³-hybridized carbons (Fsp3) is 0.417. The van der Waals surface area contributed by atoms with Gasteiger partial charge in [0.05, 0.1) is 5.39 Å². The maximum absolute atomic E-state index is 4.44. The summed E-state index contributed by atoms with van der Waals surface area (Å²) in [6.07, 6.45) is 1.60. The molecule has 0 bridgehead atoms. The Bertz CT molecular complexity index is 533. The molecule has 1 N–H and O–H groups in total. The number of hydrogen-bond donors (Lipinski definition) is 1. The minimum Gasteiger partial charge on any atom is -0.353 e. The van der Waals surface area contributed by atoms with Crippen LogP contribution in [0, 0.1) is 6.92 Å². The van der Waals surface area contributed by atoms with Crippen molar-refractivity contribution in [3.8, 4) is 0 Å². The molecule has 0 unspecified atom stereocenters. The summed E-state index contributed by atoms with van der Waals surface area (Å²) in [5.74, 6) is 1.00. The lowest BCUT2D eigenvalue weighted by molar-refractivity contribution is 0.586. The monoisotopic (exact) mass is 229 g/mol. The van der Waals surface area contributed by atoms with Gasteiger partial charge in [-0.15, -0.1) is 0 Å². The van der Waals surface area contributed by atoms with Gasteiger partial charge in [-0.1, -0.05) is 0 Å². The van der Waals surface area contributed by atoms with E-state index in [4.69, 9.17) is 0 Å². The first-order valence-corrected chi connectivity index (χ1v) is 5.88. The van der Waals surface area contributed by atoms with Gasteiger partial charge in [-0.25, -0.2) is 15.0 Å². The molecule has 5 nitrogen and oxygen atoms in total. The van der Waals surface area contributed by atoms with E-state index in [2.05, 4.69) is 31.2 Å². The molecule has 1 aliphatic rings. The molecule has 0 spiro atoms. The van der Waals surface area contributed by atoms with Crippen molar-refractivity contribution in [3.05, 3.63) is 24.2 Å². The van der Waals surface area contributed by atoms with Gasteiger partial charge < -0.3 is 10.2 Å². The Morgan fingerprint density at radius 1 is 1.18 bits per heavy atom. The molecule has 2 aromatic heterocycles. The Morgan fingerprint density at radius 2 is 2.00 bits per heavy atom. The van der Waals surface area contributed by atoms with Crippen molar-refractivity contribution in [3.63, 3.8) is 0 Å². The summed E-state index contributed by atoms with van der Waals surface area (Å²) in [5.41, 5.74) is 1.77. The summed E-state index contributed by atoms with van der Waals surface area (Å²) >= 11 is 0. The maximum atomic E-state index is 4.44. The summed E-state index contributed by atoms with van der Waals surface area (Å²) in [4.78, 5) is 15.4. The highest BCUT2D eigenvalue weighted by Crippen LogP contribution is 2.21. The lowest BCUT2D eigenvalue weighted by atomic mass is 10.2. The van der Waals surface area contributed by atoms with E-state index in [1.54, 1.807) is 6.33 Å². The second-order valence-electron chi connectivity index (χ2n) is 4.26. The van der Waals surface area contributed by atoms with Crippen LogP contribution in [0.15, 0.2) is 18.5 Å². The molecule has 2 aromatic rings. The van der Waals surface area contributed by atoms with Gasteiger partial charge in [-0.3, -0.25) is 0 Å². The number of anilines is 1. The predicted octanol–water partition coefficient (Wildman–Crippen LogP) is 0.743. The number of aryl methyl sites for hydroxylation is 1. The number of nitrogens with one attached hydrogen (secondary N) is 1. The van der Waals surface area contributed by atoms with Crippen LogP contribution in [-0.4, -0.2) is 41.1 Å². The predicted molar refractivity (Wildman–Crippen MR) is 67.2 cm³/mol. The molecule has 0 radical (unpaired) electrons. The molecule has 0 amide bonds. The molecule has 3 heterocycles. The third-order valence-electron chi connectivity index (χ3n) is 3.03. The Morgan fingerprint density at radius 3 is 2.82 bits per heavy atom. The zero-order valence-electron chi connectivity index (χ0n) is 9.85. The third kappa shape index (κ3) is 1.93. The van der Waals surface area contributed by atoms with Crippen LogP contribution in [0.5, 0.6) is 0 Å². The second-order valence-corrected chi connectivity index (χ2v) is 4.26. The zero-order chi connectivity index (χ0) is 11.7. The zero-order valence-corrected chi connectivity index (χ0v) is 9.85. The van der Waals surface area contributed by atoms with E-state index < -0.39 is 0 Å². The van der Waals surface area contributed by atoms with Crippen molar-refractivity contribution in [1.82, 2.24) is 20.3 Å². The lowest BCUT2D eigenvalue weighted by Crippen LogP contribution is -2.44. The standard InChI is InChI=1S/C12H15N5/c1-9-2-3-10-11(16-9)14-8-15-12(10)17-6-4-13-5-7-17/h2-3,8,13H,4-7H2,1H3. The summed E-state index contributed by atoms with van der Waals surface area (Å²) in [7, 11) is 0. The van der Waals surface area contributed by atoms with Crippen molar-refractivity contribution in [2.45, 2.75) is 6.92 Å². The molecule has 5 heteroatoms. The molecule has 17 heavy (non-hydrogen) atoms. The molecular weight excluding hydrogens is 214 g/mol. The van der Waals surface area contributed by atoms with E-state index in [0.29, 0.717) is 0 Å². The Kier molecular flexibility index (Phi) is 2.60. The average Bonchev–Trinajstić information content (AvgIpc) is 2.39. The number of aromatic nitrogens is 3. The molecule has 1 fully saturated rings. The van der Waals surface area contributed by atoms with Gasteiger partial charge in [0.1, 0.15) is 12.1 Å². The summed E-state index contributed by atoms with van der Waals surface area (Å²) in [5, 5.41) is 4.38. The molecule has 3 rings (SSSR count).